The van der Waals surface area contributed by atoms with Crippen LogP contribution in [-0.2, 0) is 10.0 Å². The summed E-state index contributed by atoms with van der Waals surface area (Å²) in [6.07, 6.45) is 2.26. The molecule has 0 radical (unpaired) electrons. The van der Waals surface area contributed by atoms with Crippen LogP contribution in [0.5, 0.6) is 0 Å². The Morgan fingerprint density at radius 1 is 1.32 bits per heavy atom. The molecule has 0 amide bonds. The van der Waals surface area contributed by atoms with Crippen molar-refractivity contribution in [1.29, 1.82) is 0 Å². The number of anilines is 1. The zero-order valence-corrected chi connectivity index (χ0v) is 11.5. The van der Waals surface area contributed by atoms with Crippen LogP contribution in [0, 0.1) is 0 Å². The summed E-state index contributed by atoms with van der Waals surface area (Å²) < 4.78 is 26.7. The van der Waals surface area contributed by atoms with E-state index in [4.69, 9.17) is 11.6 Å². The quantitative estimate of drug-likeness (QED) is 0.911. The Kier molecular flexibility index (Phi) is 2.99. The van der Waals surface area contributed by atoms with Crippen LogP contribution in [0.2, 0.25) is 5.02 Å². The van der Waals surface area contributed by atoms with Crippen LogP contribution in [0.3, 0.4) is 0 Å². The Balaban J connectivity index is 1.84. The lowest BCUT2D eigenvalue weighted by Gasteiger charge is -2.05. The van der Waals surface area contributed by atoms with Gasteiger partial charge in [-0.1, -0.05) is 17.7 Å². The Morgan fingerprint density at radius 2 is 2.11 bits per heavy atom. The highest BCUT2D eigenvalue weighted by Crippen LogP contribution is 2.39. The highest BCUT2D eigenvalue weighted by atomic mass is 35.5. The molecule has 1 saturated carbocycles. The molecule has 3 rings (SSSR count). The van der Waals surface area contributed by atoms with E-state index in [1.807, 2.05) is 0 Å². The van der Waals surface area contributed by atoms with Crippen LogP contribution in [0.4, 0.5) is 5.82 Å². The van der Waals surface area contributed by atoms with Gasteiger partial charge in [0.15, 0.2) is 5.82 Å². The zero-order valence-electron chi connectivity index (χ0n) is 9.93. The van der Waals surface area contributed by atoms with Crippen LogP contribution in [0.15, 0.2) is 35.2 Å². The standard InChI is InChI=1S/C12H12ClN3O2S/c13-9-2-1-3-10(6-9)19(17,18)16-12-7-11(14-15-12)8-4-5-8/h1-3,6-8H,4-5H2,(H2,14,15,16). The second kappa shape index (κ2) is 4.54. The summed E-state index contributed by atoms with van der Waals surface area (Å²) in [4.78, 5) is 0.121. The molecular weight excluding hydrogens is 286 g/mol. The molecule has 1 fully saturated rings. The first-order chi connectivity index (χ1) is 9.04. The molecule has 100 valence electrons. The van der Waals surface area contributed by atoms with Gasteiger partial charge in [0, 0.05) is 22.7 Å². The Labute approximate surface area is 116 Å². The van der Waals surface area contributed by atoms with Gasteiger partial charge < -0.3 is 0 Å². The van der Waals surface area contributed by atoms with E-state index >= 15 is 0 Å². The molecule has 0 saturated heterocycles. The van der Waals surface area contributed by atoms with Gasteiger partial charge in [-0.25, -0.2) is 8.42 Å². The van der Waals surface area contributed by atoms with Gasteiger partial charge in [-0.15, -0.1) is 0 Å². The molecule has 1 aliphatic carbocycles. The van der Waals surface area contributed by atoms with Gasteiger partial charge in [0.05, 0.1) is 4.90 Å². The molecule has 0 spiro atoms. The van der Waals surface area contributed by atoms with Crippen molar-refractivity contribution in [3.63, 3.8) is 0 Å². The van der Waals surface area contributed by atoms with Gasteiger partial charge in [-0.2, -0.15) is 5.10 Å². The fourth-order valence-corrected chi connectivity index (χ4v) is 3.12. The normalized spacial score (nSPS) is 15.4. The van der Waals surface area contributed by atoms with Crippen LogP contribution in [-0.4, -0.2) is 18.6 Å². The SMILES string of the molecule is O=S(=O)(Nc1cc(C2CC2)[nH]n1)c1cccc(Cl)c1. The van der Waals surface area contributed by atoms with E-state index in [1.54, 1.807) is 18.2 Å². The van der Waals surface area contributed by atoms with Gasteiger partial charge in [0.2, 0.25) is 0 Å². The maximum Gasteiger partial charge on any atom is 0.263 e. The fourth-order valence-electron chi connectivity index (χ4n) is 1.82. The number of hydrogen-bond acceptors (Lipinski definition) is 3. The first-order valence-corrected chi connectivity index (χ1v) is 7.74. The minimum Gasteiger partial charge on any atom is -0.280 e. The lowest BCUT2D eigenvalue weighted by atomic mass is 10.3. The molecular formula is C12H12ClN3O2S. The maximum atomic E-state index is 12.1. The van der Waals surface area contributed by atoms with E-state index in [1.165, 1.54) is 12.1 Å². The van der Waals surface area contributed by atoms with Crippen molar-refractivity contribution in [2.75, 3.05) is 4.72 Å². The monoisotopic (exact) mass is 297 g/mol. The second-order valence-corrected chi connectivity index (χ2v) is 6.66. The summed E-state index contributed by atoms with van der Waals surface area (Å²) in [5, 5.41) is 7.19. The number of nitrogens with one attached hydrogen (secondary N) is 2. The van der Waals surface area contributed by atoms with E-state index < -0.39 is 10.0 Å². The summed E-state index contributed by atoms with van der Waals surface area (Å²) in [5.74, 6) is 0.804. The highest BCUT2D eigenvalue weighted by molar-refractivity contribution is 7.92. The number of rotatable bonds is 4. The number of aromatic amines is 1. The Hall–Kier alpha value is -1.53. The molecule has 19 heavy (non-hydrogen) atoms. The smallest absolute Gasteiger partial charge is 0.263 e. The van der Waals surface area contributed by atoms with E-state index in [0.29, 0.717) is 16.8 Å². The van der Waals surface area contributed by atoms with Gasteiger partial charge in [0.1, 0.15) is 0 Å². The number of H-pyrrole nitrogens is 1. The van der Waals surface area contributed by atoms with E-state index in [2.05, 4.69) is 14.9 Å². The third-order valence-corrected chi connectivity index (χ3v) is 4.55. The molecule has 1 aromatic carbocycles. The molecule has 1 aliphatic rings. The fraction of sp³-hybridized carbons (Fsp3) is 0.250. The predicted molar refractivity (Wildman–Crippen MR) is 72.8 cm³/mol. The largest absolute Gasteiger partial charge is 0.280 e. The molecule has 0 unspecified atom stereocenters. The van der Waals surface area contributed by atoms with Gasteiger partial charge in [-0.05, 0) is 31.0 Å². The third kappa shape index (κ3) is 2.74. The first-order valence-electron chi connectivity index (χ1n) is 5.88. The molecule has 0 atom stereocenters. The van der Waals surface area contributed by atoms with E-state index in [9.17, 15) is 8.42 Å². The lowest BCUT2D eigenvalue weighted by Crippen LogP contribution is -2.13. The number of hydrogen-bond donors (Lipinski definition) is 2. The summed E-state index contributed by atoms with van der Waals surface area (Å²) in [7, 11) is -3.64. The van der Waals surface area contributed by atoms with E-state index in [-0.39, 0.29) is 4.90 Å². The summed E-state index contributed by atoms with van der Waals surface area (Å²) >= 11 is 5.79. The van der Waals surface area contributed by atoms with Crippen molar-refractivity contribution in [2.45, 2.75) is 23.7 Å². The third-order valence-electron chi connectivity index (χ3n) is 2.96. The van der Waals surface area contributed by atoms with E-state index in [0.717, 1.165) is 18.5 Å². The molecule has 7 heteroatoms. The number of halogens is 1. The van der Waals surface area contributed by atoms with Crippen molar-refractivity contribution in [2.24, 2.45) is 0 Å². The minimum atomic E-state index is -3.64. The number of sulfonamides is 1. The molecule has 1 heterocycles. The van der Waals surface area contributed by atoms with Crippen molar-refractivity contribution < 1.29 is 8.42 Å². The minimum absolute atomic E-state index is 0.121. The van der Waals surface area contributed by atoms with Crippen LogP contribution in [0.25, 0.3) is 0 Å². The van der Waals surface area contributed by atoms with Gasteiger partial charge in [-0.3, -0.25) is 9.82 Å². The summed E-state index contributed by atoms with van der Waals surface area (Å²) in [6.45, 7) is 0. The van der Waals surface area contributed by atoms with Crippen molar-refractivity contribution in [3.8, 4) is 0 Å². The van der Waals surface area contributed by atoms with Gasteiger partial charge in [0.25, 0.3) is 10.0 Å². The van der Waals surface area contributed by atoms with Crippen LogP contribution >= 0.6 is 11.6 Å². The van der Waals surface area contributed by atoms with Crippen LogP contribution < -0.4 is 4.72 Å². The molecule has 2 N–H and O–H groups in total. The van der Waals surface area contributed by atoms with Crippen molar-refractivity contribution in [3.05, 3.63) is 41.0 Å². The number of aromatic nitrogens is 2. The molecule has 2 aromatic rings. The Morgan fingerprint density at radius 3 is 2.79 bits per heavy atom. The maximum absolute atomic E-state index is 12.1. The highest BCUT2D eigenvalue weighted by Gasteiger charge is 2.26. The van der Waals surface area contributed by atoms with Crippen molar-refractivity contribution >= 4 is 27.4 Å². The second-order valence-electron chi connectivity index (χ2n) is 4.55. The summed E-state index contributed by atoms with van der Waals surface area (Å²) in [5.41, 5.74) is 0.976. The molecule has 0 aliphatic heterocycles. The molecule has 5 nitrogen and oxygen atoms in total. The first kappa shape index (κ1) is 12.5. The topological polar surface area (TPSA) is 74.8 Å². The van der Waals surface area contributed by atoms with Crippen molar-refractivity contribution in [1.82, 2.24) is 10.2 Å². The lowest BCUT2D eigenvalue weighted by molar-refractivity contribution is 0.601. The number of nitrogens with zero attached hydrogens (tertiary/aromatic N) is 1. The van der Waals surface area contributed by atoms with Gasteiger partial charge >= 0.3 is 0 Å². The average Bonchev–Trinajstić information content (AvgIpc) is 3.11. The number of benzene rings is 1. The zero-order chi connectivity index (χ0) is 13.5. The molecule has 0 bridgehead atoms. The predicted octanol–water partition coefficient (Wildman–Crippen LogP) is 2.74. The molecule has 1 aromatic heterocycles. The Bertz CT molecular complexity index is 707. The average molecular weight is 298 g/mol. The van der Waals surface area contributed by atoms with Crippen LogP contribution in [0.1, 0.15) is 24.5 Å². The summed E-state index contributed by atoms with van der Waals surface area (Å²) in [6, 6.07) is 7.85.